The molecule has 90 valence electrons. The van der Waals surface area contributed by atoms with Crippen molar-refractivity contribution in [2.75, 3.05) is 11.9 Å². The number of nitrogens with zero attached hydrogens (tertiary/aromatic N) is 3. The Labute approximate surface area is 104 Å². The molecule has 0 fully saturated rings. The van der Waals surface area contributed by atoms with E-state index in [1.165, 1.54) is 12.3 Å². The minimum absolute atomic E-state index is 0.223. The number of anilines is 1. The second-order valence-corrected chi connectivity index (χ2v) is 3.67. The number of aromatic nitrogens is 2. The zero-order valence-corrected chi connectivity index (χ0v) is 9.60. The molecule has 0 saturated heterocycles. The van der Waals surface area contributed by atoms with Gasteiger partial charge in [0.05, 0.1) is 11.8 Å². The quantitative estimate of drug-likeness (QED) is 0.892. The zero-order valence-electron chi connectivity index (χ0n) is 9.60. The van der Waals surface area contributed by atoms with Crippen molar-refractivity contribution < 1.29 is 4.39 Å². The van der Waals surface area contributed by atoms with Gasteiger partial charge in [0.25, 0.3) is 0 Å². The van der Waals surface area contributed by atoms with Gasteiger partial charge in [0.15, 0.2) is 5.82 Å². The smallest absolute Gasteiger partial charge is 0.166 e. The third kappa shape index (κ3) is 2.80. The summed E-state index contributed by atoms with van der Waals surface area (Å²) in [6.07, 6.45) is 1.98. The minimum Gasteiger partial charge on any atom is -0.367 e. The topological polar surface area (TPSA) is 61.6 Å². The van der Waals surface area contributed by atoms with E-state index in [-0.39, 0.29) is 5.82 Å². The van der Waals surface area contributed by atoms with E-state index in [9.17, 15) is 4.39 Å². The Balaban J connectivity index is 1.97. The van der Waals surface area contributed by atoms with Crippen LogP contribution in [-0.2, 0) is 6.42 Å². The molecule has 1 N–H and O–H groups in total. The molecule has 0 unspecified atom stereocenters. The van der Waals surface area contributed by atoms with Crippen LogP contribution in [0.3, 0.4) is 0 Å². The first kappa shape index (κ1) is 12.0. The monoisotopic (exact) mass is 242 g/mol. The summed E-state index contributed by atoms with van der Waals surface area (Å²) in [5, 5.41) is 19.4. The fourth-order valence-electron chi connectivity index (χ4n) is 1.57. The molecule has 0 atom stereocenters. The van der Waals surface area contributed by atoms with Crippen molar-refractivity contribution >= 4 is 5.82 Å². The van der Waals surface area contributed by atoms with Gasteiger partial charge in [-0.3, -0.25) is 0 Å². The Morgan fingerprint density at radius 2 is 2.11 bits per heavy atom. The van der Waals surface area contributed by atoms with Crippen LogP contribution in [0.1, 0.15) is 11.1 Å². The highest BCUT2D eigenvalue weighted by Gasteiger charge is 2.04. The second-order valence-electron chi connectivity index (χ2n) is 3.67. The van der Waals surface area contributed by atoms with Crippen molar-refractivity contribution in [2.24, 2.45) is 0 Å². The maximum Gasteiger partial charge on any atom is 0.166 e. The first-order valence-electron chi connectivity index (χ1n) is 5.50. The van der Waals surface area contributed by atoms with Crippen molar-refractivity contribution in [3.63, 3.8) is 0 Å². The van der Waals surface area contributed by atoms with Crippen LogP contribution in [0.25, 0.3) is 0 Å². The summed E-state index contributed by atoms with van der Waals surface area (Å²) in [4.78, 5) is 0. The van der Waals surface area contributed by atoms with Crippen molar-refractivity contribution in [1.82, 2.24) is 10.2 Å². The number of hydrogen-bond donors (Lipinski definition) is 1. The zero-order chi connectivity index (χ0) is 12.8. The summed E-state index contributed by atoms with van der Waals surface area (Å²) >= 11 is 0. The van der Waals surface area contributed by atoms with Crippen LogP contribution in [0.4, 0.5) is 10.2 Å². The van der Waals surface area contributed by atoms with Gasteiger partial charge in [-0.2, -0.15) is 10.4 Å². The molecule has 0 saturated carbocycles. The van der Waals surface area contributed by atoms with Crippen LogP contribution in [0.15, 0.2) is 36.5 Å². The number of rotatable bonds is 4. The van der Waals surface area contributed by atoms with E-state index >= 15 is 0 Å². The highest BCUT2D eigenvalue weighted by molar-refractivity contribution is 5.50. The number of hydrogen-bond acceptors (Lipinski definition) is 4. The van der Waals surface area contributed by atoms with Crippen LogP contribution in [-0.4, -0.2) is 16.7 Å². The summed E-state index contributed by atoms with van der Waals surface area (Å²) in [5.74, 6) is 0.204. The van der Waals surface area contributed by atoms with Gasteiger partial charge in [0, 0.05) is 6.54 Å². The van der Waals surface area contributed by atoms with Gasteiger partial charge in [0.1, 0.15) is 11.9 Å². The maximum atomic E-state index is 13.4. The number of nitriles is 1. The van der Waals surface area contributed by atoms with Crippen LogP contribution < -0.4 is 5.32 Å². The molecule has 2 rings (SSSR count). The molecule has 0 radical (unpaired) electrons. The van der Waals surface area contributed by atoms with Gasteiger partial charge in [0.2, 0.25) is 0 Å². The maximum absolute atomic E-state index is 13.4. The Bertz CT molecular complexity index is 577. The molecular weight excluding hydrogens is 231 g/mol. The van der Waals surface area contributed by atoms with Crippen molar-refractivity contribution in [1.29, 1.82) is 5.26 Å². The molecule has 5 heteroatoms. The largest absolute Gasteiger partial charge is 0.367 e. The summed E-state index contributed by atoms with van der Waals surface area (Å²) in [6, 6.07) is 10.2. The third-order valence-electron chi connectivity index (χ3n) is 2.49. The van der Waals surface area contributed by atoms with E-state index in [1.54, 1.807) is 24.3 Å². The van der Waals surface area contributed by atoms with Gasteiger partial charge in [-0.15, -0.1) is 5.10 Å². The van der Waals surface area contributed by atoms with E-state index in [4.69, 9.17) is 5.26 Å². The molecule has 2 aromatic rings. The molecule has 0 aliphatic rings. The molecule has 1 aromatic carbocycles. The Morgan fingerprint density at radius 1 is 1.28 bits per heavy atom. The van der Waals surface area contributed by atoms with Crippen LogP contribution in [0.5, 0.6) is 0 Å². The van der Waals surface area contributed by atoms with E-state index in [2.05, 4.69) is 15.5 Å². The van der Waals surface area contributed by atoms with Gasteiger partial charge in [-0.25, -0.2) is 4.39 Å². The summed E-state index contributed by atoms with van der Waals surface area (Å²) in [7, 11) is 0. The molecule has 0 amide bonds. The highest BCUT2D eigenvalue weighted by atomic mass is 19.1. The van der Waals surface area contributed by atoms with Crippen LogP contribution in [0.2, 0.25) is 0 Å². The Hall–Kier alpha value is -2.48. The second kappa shape index (κ2) is 5.73. The van der Waals surface area contributed by atoms with Crippen molar-refractivity contribution in [3.05, 3.63) is 53.5 Å². The predicted octanol–water partition coefficient (Wildman–Crippen LogP) is 2.14. The molecule has 0 bridgehead atoms. The molecule has 1 aromatic heterocycles. The lowest BCUT2D eigenvalue weighted by atomic mass is 10.1. The third-order valence-corrected chi connectivity index (χ3v) is 2.49. The van der Waals surface area contributed by atoms with Gasteiger partial charge in [-0.1, -0.05) is 18.2 Å². The average molecular weight is 242 g/mol. The molecular formula is C13H11FN4. The fourth-order valence-corrected chi connectivity index (χ4v) is 1.57. The molecule has 0 aliphatic carbocycles. The Kier molecular flexibility index (Phi) is 3.82. The first-order chi connectivity index (χ1) is 8.81. The molecule has 4 nitrogen and oxygen atoms in total. The van der Waals surface area contributed by atoms with Gasteiger partial charge >= 0.3 is 0 Å². The Morgan fingerprint density at radius 3 is 2.89 bits per heavy atom. The predicted molar refractivity (Wildman–Crippen MR) is 65.3 cm³/mol. The summed E-state index contributed by atoms with van der Waals surface area (Å²) < 4.78 is 13.4. The number of halogens is 1. The summed E-state index contributed by atoms with van der Waals surface area (Å²) in [6.45, 7) is 0.494. The first-order valence-corrected chi connectivity index (χ1v) is 5.50. The standard InChI is InChI=1S/C13H11FN4/c14-12-4-2-1-3-10(12)5-7-16-13-11(9-15)6-8-17-18-13/h1-4,6,8H,5,7H2,(H,16,18). The molecule has 0 spiro atoms. The van der Waals surface area contributed by atoms with Crippen molar-refractivity contribution in [2.45, 2.75) is 6.42 Å². The normalized spacial score (nSPS) is 9.78. The highest BCUT2D eigenvalue weighted by Crippen LogP contribution is 2.10. The lowest BCUT2D eigenvalue weighted by Gasteiger charge is -2.06. The molecule has 1 heterocycles. The SMILES string of the molecule is N#Cc1ccnnc1NCCc1ccccc1F. The molecule has 18 heavy (non-hydrogen) atoms. The van der Waals surface area contributed by atoms with E-state index in [0.29, 0.717) is 29.9 Å². The molecule has 0 aliphatic heterocycles. The van der Waals surface area contributed by atoms with Crippen LogP contribution in [0, 0.1) is 17.1 Å². The van der Waals surface area contributed by atoms with Crippen LogP contribution >= 0.6 is 0 Å². The van der Waals surface area contributed by atoms with Gasteiger partial charge in [-0.05, 0) is 24.1 Å². The average Bonchev–Trinajstić information content (AvgIpc) is 2.41. The lowest BCUT2D eigenvalue weighted by molar-refractivity contribution is 0.610. The minimum atomic E-state index is -0.223. The van der Waals surface area contributed by atoms with Crippen molar-refractivity contribution in [3.8, 4) is 6.07 Å². The fraction of sp³-hybridized carbons (Fsp3) is 0.154. The van der Waals surface area contributed by atoms with E-state index < -0.39 is 0 Å². The van der Waals surface area contributed by atoms with E-state index in [1.807, 2.05) is 6.07 Å². The van der Waals surface area contributed by atoms with E-state index in [0.717, 1.165) is 0 Å². The lowest BCUT2D eigenvalue weighted by Crippen LogP contribution is -2.09. The number of nitrogens with one attached hydrogen (secondary N) is 1. The number of benzene rings is 1. The summed E-state index contributed by atoms with van der Waals surface area (Å²) in [5.41, 5.74) is 1.06. The van der Waals surface area contributed by atoms with Gasteiger partial charge < -0.3 is 5.32 Å².